The van der Waals surface area contributed by atoms with E-state index in [4.69, 9.17) is 4.74 Å². The summed E-state index contributed by atoms with van der Waals surface area (Å²) in [6.07, 6.45) is 2.41. The van der Waals surface area contributed by atoms with E-state index in [1.807, 2.05) is 19.1 Å². The zero-order valence-corrected chi connectivity index (χ0v) is 11.2. The predicted octanol–water partition coefficient (Wildman–Crippen LogP) is 4.21. The second-order valence-electron chi connectivity index (χ2n) is 4.77. The average molecular weight is 234 g/mol. The third-order valence-electron chi connectivity index (χ3n) is 2.75. The van der Waals surface area contributed by atoms with Crippen LogP contribution in [0.2, 0.25) is 0 Å². The van der Waals surface area contributed by atoms with E-state index in [2.05, 4.69) is 26.8 Å². The molecule has 0 fully saturated rings. The van der Waals surface area contributed by atoms with Crippen molar-refractivity contribution in [3.05, 3.63) is 29.3 Å². The Labute approximate surface area is 104 Å². The molecule has 0 aliphatic carbocycles. The van der Waals surface area contributed by atoms with Gasteiger partial charge in [-0.1, -0.05) is 39.3 Å². The summed E-state index contributed by atoms with van der Waals surface area (Å²) < 4.78 is 5.45. The third-order valence-corrected chi connectivity index (χ3v) is 2.75. The summed E-state index contributed by atoms with van der Waals surface area (Å²) in [5.41, 5.74) is 2.22. The summed E-state index contributed by atoms with van der Waals surface area (Å²) in [5, 5.41) is 0. The second-order valence-corrected chi connectivity index (χ2v) is 4.77. The molecule has 1 rings (SSSR count). The first-order valence-corrected chi connectivity index (χ1v) is 6.35. The van der Waals surface area contributed by atoms with Crippen molar-refractivity contribution in [1.29, 1.82) is 0 Å². The van der Waals surface area contributed by atoms with Gasteiger partial charge in [0.15, 0.2) is 0 Å². The molecule has 0 bridgehead atoms. The van der Waals surface area contributed by atoms with Gasteiger partial charge in [-0.2, -0.15) is 0 Å². The van der Waals surface area contributed by atoms with Crippen molar-refractivity contribution in [1.82, 2.24) is 0 Å². The van der Waals surface area contributed by atoms with E-state index in [1.165, 1.54) is 0 Å². The lowest BCUT2D eigenvalue weighted by molar-refractivity contribution is -0.134. The zero-order chi connectivity index (χ0) is 12.8. The number of hydrogen-bond acceptors (Lipinski definition) is 2. The van der Waals surface area contributed by atoms with Crippen LogP contribution in [-0.4, -0.2) is 5.97 Å². The Morgan fingerprint density at radius 2 is 2.06 bits per heavy atom. The normalized spacial score (nSPS) is 10.6. The summed E-state index contributed by atoms with van der Waals surface area (Å²) in [7, 11) is 0. The Morgan fingerprint density at radius 1 is 1.35 bits per heavy atom. The van der Waals surface area contributed by atoms with Crippen molar-refractivity contribution in [3.8, 4) is 5.75 Å². The maximum atomic E-state index is 11.6. The van der Waals surface area contributed by atoms with Gasteiger partial charge >= 0.3 is 5.97 Å². The molecular formula is C15H22O2. The fourth-order valence-corrected chi connectivity index (χ4v) is 1.70. The molecule has 0 radical (unpaired) electrons. The highest BCUT2D eigenvalue weighted by atomic mass is 16.5. The number of unbranched alkanes of at least 4 members (excludes halogenated alkanes) is 1. The van der Waals surface area contributed by atoms with Gasteiger partial charge in [0.25, 0.3) is 0 Å². The summed E-state index contributed by atoms with van der Waals surface area (Å²) in [6.45, 7) is 8.29. The number of rotatable bonds is 5. The lowest BCUT2D eigenvalue weighted by Gasteiger charge is -2.13. The Kier molecular flexibility index (Phi) is 5.20. The van der Waals surface area contributed by atoms with Crippen LogP contribution in [0.15, 0.2) is 18.2 Å². The van der Waals surface area contributed by atoms with E-state index < -0.39 is 0 Å². The van der Waals surface area contributed by atoms with Crippen LogP contribution in [0.5, 0.6) is 5.75 Å². The van der Waals surface area contributed by atoms with E-state index in [0.717, 1.165) is 29.7 Å². The standard InChI is InChI=1S/C15H22O2/c1-5-6-7-15(16)17-14-10-12(4)8-9-13(14)11(2)3/h8-11H,5-7H2,1-4H3. The second kappa shape index (κ2) is 6.43. The van der Waals surface area contributed by atoms with Crippen LogP contribution >= 0.6 is 0 Å². The topological polar surface area (TPSA) is 26.3 Å². The quantitative estimate of drug-likeness (QED) is 0.563. The van der Waals surface area contributed by atoms with Crippen LogP contribution in [0, 0.1) is 6.92 Å². The van der Waals surface area contributed by atoms with Crippen LogP contribution < -0.4 is 4.74 Å². The highest BCUT2D eigenvalue weighted by Crippen LogP contribution is 2.27. The number of carbonyl (C=O) groups is 1. The molecular weight excluding hydrogens is 212 g/mol. The fraction of sp³-hybridized carbons (Fsp3) is 0.533. The summed E-state index contributed by atoms with van der Waals surface area (Å²) >= 11 is 0. The van der Waals surface area contributed by atoms with Gasteiger partial charge in [-0.3, -0.25) is 4.79 Å². The van der Waals surface area contributed by atoms with E-state index in [1.54, 1.807) is 0 Å². The average Bonchev–Trinajstić information content (AvgIpc) is 2.26. The molecule has 0 aromatic heterocycles. The molecule has 2 heteroatoms. The Balaban J connectivity index is 2.81. The van der Waals surface area contributed by atoms with E-state index in [9.17, 15) is 4.79 Å². The minimum atomic E-state index is -0.126. The molecule has 0 amide bonds. The number of benzene rings is 1. The summed E-state index contributed by atoms with van der Waals surface area (Å²) in [4.78, 5) is 11.6. The van der Waals surface area contributed by atoms with Crippen LogP contribution in [0.1, 0.15) is 57.1 Å². The molecule has 0 aliphatic heterocycles. The van der Waals surface area contributed by atoms with Crippen molar-refractivity contribution in [2.24, 2.45) is 0 Å². The van der Waals surface area contributed by atoms with Crippen LogP contribution in [0.4, 0.5) is 0 Å². The summed E-state index contributed by atoms with van der Waals surface area (Å²) in [6, 6.07) is 6.04. The molecule has 0 N–H and O–H groups in total. The van der Waals surface area contributed by atoms with Gasteiger partial charge in [0.05, 0.1) is 0 Å². The number of carbonyl (C=O) groups excluding carboxylic acids is 1. The molecule has 0 spiro atoms. The smallest absolute Gasteiger partial charge is 0.311 e. The summed E-state index contributed by atoms with van der Waals surface area (Å²) in [5.74, 6) is 0.963. The van der Waals surface area contributed by atoms with Crippen molar-refractivity contribution in [2.45, 2.75) is 52.9 Å². The minimum Gasteiger partial charge on any atom is -0.426 e. The van der Waals surface area contributed by atoms with Crippen LogP contribution in [0.25, 0.3) is 0 Å². The van der Waals surface area contributed by atoms with Gasteiger partial charge < -0.3 is 4.74 Å². The van der Waals surface area contributed by atoms with E-state index in [-0.39, 0.29) is 5.97 Å². The maximum Gasteiger partial charge on any atom is 0.311 e. The molecule has 2 nitrogen and oxygen atoms in total. The lowest BCUT2D eigenvalue weighted by Crippen LogP contribution is -2.09. The largest absolute Gasteiger partial charge is 0.426 e. The monoisotopic (exact) mass is 234 g/mol. The first-order chi connectivity index (χ1) is 8.04. The Hall–Kier alpha value is -1.31. The Morgan fingerprint density at radius 3 is 2.65 bits per heavy atom. The molecule has 0 unspecified atom stereocenters. The minimum absolute atomic E-state index is 0.126. The molecule has 0 saturated heterocycles. The first-order valence-electron chi connectivity index (χ1n) is 6.35. The van der Waals surface area contributed by atoms with Gasteiger partial charge in [-0.25, -0.2) is 0 Å². The predicted molar refractivity (Wildman–Crippen MR) is 70.4 cm³/mol. The number of ether oxygens (including phenoxy) is 1. The highest BCUT2D eigenvalue weighted by Gasteiger charge is 2.11. The van der Waals surface area contributed by atoms with Gasteiger partial charge in [0.1, 0.15) is 5.75 Å². The molecule has 0 atom stereocenters. The zero-order valence-electron chi connectivity index (χ0n) is 11.2. The van der Waals surface area contributed by atoms with Crippen molar-refractivity contribution in [2.75, 3.05) is 0 Å². The van der Waals surface area contributed by atoms with Gasteiger partial charge in [-0.15, -0.1) is 0 Å². The molecule has 0 saturated carbocycles. The molecule has 17 heavy (non-hydrogen) atoms. The van der Waals surface area contributed by atoms with Gasteiger partial charge in [-0.05, 0) is 36.5 Å². The van der Waals surface area contributed by atoms with Crippen LogP contribution in [0.3, 0.4) is 0 Å². The molecule has 0 heterocycles. The molecule has 94 valence electrons. The van der Waals surface area contributed by atoms with Crippen LogP contribution in [-0.2, 0) is 4.79 Å². The molecule has 1 aromatic carbocycles. The van der Waals surface area contributed by atoms with Crippen molar-refractivity contribution in [3.63, 3.8) is 0 Å². The van der Waals surface area contributed by atoms with Gasteiger partial charge in [0, 0.05) is 6.42 Å². The lowest BCUT2D eigenvalue weighted by atomic mass is 10.0. The number of aryl methyl sites for hydroxylation is 1. The fourth-order valence-electron chi connectivity index (χ4n) is 1.70. The highest BCUT2D eigenvalue weighted by molar-refractivity contribution is 5.72. The SMILES string of the molecule is CCCCC(=O)Oc1cc(C)ccc1C(C)C. The third kappa shape index (κ3) is 4.22. The van der Waals surface area contributed by atoms with E-state index in [0.29, 0.717) is 12.3 Å². The Bertz CT molecular complexity index is 381. The first kappa shape index (κ1) is 13.8. The van der Waals surface area contributed by atoms with E-state index >= 15 is 0 Å². The van der Waals surface area contributed by atoms with Crippen molar-refractivity contribution < 1.29 is 9.53 Å². The maximum absolute atomic E-state index is 11.6. The van der Waals surface area contributed by atoms with Gasteiger partial charge in [0.2, 0.25) is 0 Å². The number of esters is 1. The number of hydrogen-bond donors (Lipinski definition) is 0. The molecule has 1 aromatic rings. The van der Waals surface area contributed by atoms with Crippen molar-refractivity contribution >= 4 is 5.97 Å². The molecule has 0 aliphatic rings.